The Morgan fingerprint density at radius 3 is 2.41 bits per heavy atom. The molecule has 0 aromatic heterocycles. The van der Waals surface area contributed by atoms with Crippen LogP contribution in [0.2, 0.25) is 0 Å². The number of morpholine rings is 1. The second-order valence-corrected chi connectivity index (χ2v) is 8.48. The number of anilines is 1. The third-order valence-electron chi connectivity index (χ3n) is 4.45. The van der Waals surface area contributed by atoms with E-state index in [1.54, 1.807) is 42.5 Å². The van der Waals surface area contributed by atoms with Crippen LogP contribution in [-0.4, -0.2) is 50.7 Å². The second kappa shape index (κ2) is 9.13. The highest BCUT2D eigenvalue weighted by atomic mass is 32.2. The molecule has 152 valence electrons. The summed E-state index contributed by atoms with van der Waals surface area (Å²) in [6.45, 7) is 2.93. The van der Waals surface area contributed by atoms with E-state index in [1.165, 1.54) is 29.4 Å². The molecule has 7 nitrogen and oxygen atoms in total. The fourth-order valence-electron chi connectivity index (χ4n) is 2.86. The van der Waals surface area contributed by atoms with Crippen LogP contribution in [0.1, 0.15) is 22.8 Å². The summed E-state index contributed by atoms with van der Waals surface area (Å²) in [5.74, 6) is -0.431. The maximum atomic E-state index is 12.6. The maximum Gasteiger partial charge on any atom is 0.248 e. The molecule has 1 N–H and O–H groups in total. The van der Waals surface area contributed by atoms with E-state index in [0.717, 1.165) is 0 Å². The Morgan fingerprint density at radius 2 is 1.76 bits per heavy atom. The lowest BCUT2D eigenvalue weighted by molar-refractivity contribution is -0.111. The predicted octanol–water partition coefficient (Wildman–Crippen LogP) is 2.56. The Labute approximate surface area is 170 Å². The maximum absolute atomic E-state index is 12.6. The van der Waals surface area contributed by atoms with Crippen molar-refractivity contribution < 1.29 is 22.7 Å². The van der Waals surface area contributed by atoms with E-state index in [4.69, 9.17) is 4.74 Å². The summed E-state index contributed by atoms with van der Waals surface area (Å²) in [7, 11) is -3.54. The van der Waals surface area contributed by atoms with Gasteiger partial charge in [0.25, 0.3) is 0 Å². The predicted molar refractivity (Wildman–Crippen MR) is 110 cm³/mol. The summed E-state index contributed by atoms with van der Waals surface area (Å²) >= 11 is 0. The highest BCUT2D eigenvalue weighted by molar-refractivity contribution is 7.89. The van der Waals surface area contributed by atoms with Gasteiger partial charge in [0.2, 0.25) is 15.9 Å². The van der Waals surface area contributed by atoms with Gasteiger partial charge >= 0.3 is 0 Å². The van der Waals surface area contributed by atoms with Crippen LogP contribution in [0.25, 0.3) is 6.08 Å². The summed E-state index contributed by atoms with van der Waals surface area (Å²) in [5, 5.41) is 2.69. The van der Waals surface area contributed by atoms with Gasteiger partial charge in [-0.3, -0.25) is 9.59 Å². The molecule has 0 unspecified atom stereocenters. The van der Waals surface area contributed by atoms with Crippen molar-refractivity contribution in [1.29, 1.82) is 0 Å². The lowest BCUT2D eigenvalue weighted by atomic mass is 10.1. The summed E-state index contributed by atoms with van der Waals surface area (Å²) in [6, 6.07) is 13.0. The topological polar surface area (TPSA) is 92.8 Å². The van der Waals surface area contributed by atoms with E-state index in [9.17, 15) is 18.0 Å². The minimum Gasteiger partial charge on any atom is -0.379 e. The minimum absolute atomic E-state index is 0.0798. The average molecular weight is 414 g/mol. The number of ether oxygens (including phenoxy) is 1. The number of ketones is 1. The van der Waals surface area contributed by atoms with Gasteiger partial charge in [-0.05, 0) is 42.8 Å². The molecule has 1 saturated heterocycles. The van der Waals surface area contributed by atoms with E-state index < -0.39 is 10.0 Å². The molecule has 1 heterocycles. The van der Waals surface area contributed by atoms with Crippen molar-refractivity contribution in [3.05, 3.63) is 65.7 Å². The van der Waals surface area contributed by atoms with Gasteiger partial charge in [0.15, 0.2) is 5.78 Å². The quantitative estimate of drug-likeness (QED) is 0.579. The number of carbonyl (C=O) groups is 2. The van der Waals surface area contributed by atoms with Gasteiger partial charge in [-0.25, -0.2) is 8.42 Å². The number of nitrogens with one attached hydrogen (secondary N) is 1. The van der Waals surface area contributed by atoms with Gasteiger partial charge in [-0.2, -0.15) is 4.31 Å². The van der Waals surface area contributed by atoms with Crippen LogP contribution in [0.4, 0.5) is 5.69 Å². The molecule has 0 bridgehead atoms. The van der Waals surface area contributed by atoms with Crippen molar-refractivity contribution in [2.45, 2.75) is 11.8 Å². The Bertz CT molecular complexity index is 1020. The summed E-state index contributed by atoms with van der Waals surface area (Å²) in [4.78, 5) is 23.7. The third kappa shape index (κ3) is 5.38. The highest BCUT2D eigenvalue weighted by Crippen LogP contribution is 2.18. The molecule has 0 aliphatic carbocycles. The first kappa shape index (κ1) is 20.9. The van der Waals surface area contributed by atoms with E-state index >= 15 is 0 Å². The number of hydrogen-bond acceptors (Lipinski definition) is 5. The smallest absolute Gasteiger partial charge is 0.248 e. The first-order chi connectivity index (χ1) is 13.9. The Hall–Kier alpha value is -2.81. The average Bonchev–Trinajstić information content (AvgIpc) is 2.73. The molecule has 1 fully saturated rings. The number of sulfonamides is 1. The standard InChI is InChI=1S/C21H22N2O5S/c1-16(24)18-3-2-4-19(15-18)22-21(25)10-7-17-5-8-20(9-6-17)29(26,27)23-11-13-28-14-12-23/h2-10,15H,11-14H2,1H3,(H,22,25)/b10-7+. The third-order valence-corrected chi connectivity index (χ3v) is 6.36. The van der Waals surface area contributed by atoms with Gasteiger partial charge in [0, 0.05) is 30.4 Å². The molecule has 0 radical (unpaired) electrons. The lowest BCUT2D eigenvalue weighted by Gasteiger charge is -2.26. The number of amides is 1. The van der Waals surface area contributed by atoms with Crippen molar-refractivity contribution in [1.82, 2.24) is 4.31 Å². The highest BCUT2D eigenvalue weighted by Gasteiger charge is 2.25. The van der Waals surface area contributed by atoms with Crippen LogP contribution >= 0.6 is 0 Å². The van der Waals surface area contributed by atoms with Crippen LogP contribution in [-0.2, 0) is 19.6 Å². The number of Topliss-reactive ketones (excluding diaryl/α,β-unsaturated/α-hetero) is 1. The fourth-order valence-corrected chi connectivity index (χ4v) is 4.27. The number of carbonyl (C=O) groups excluding carboxylic acids is 2. The first-order valence-corrected chi connectivity index (χ1v) is 10.6. The number of rotatable bonds is 6. The van der Waals surface area contributed by atoms with Crippen molar-refractivity contribution in [3.8, 4) is 0 Å². The Balaban J connectivity index is 1.64. The first-order valence-electron chi connectivity index (χ1n) is 9.14. The Kier molecular flexibility index (Phi) is 6.58. The van der Waals surface area contributed by atoms with Crippen molar-refractivity contribution >= 4 is 33.5 Å². The van der Waals surface area contributed by atoms with Crippen LogP contribution in [0.15, 0.2) is 59.5 Å². The van der Waals surface area contributed by atoms with Crippen molar-refractivity contribution in [2.75, 3.05) is 31.6 Å². The molecule has 0 saturated carbocycles. The largest absolute Gasteiger partial charge is 0.379 e. The monoisotopic (exact) mass is 414 g/mol. The number of benzene rings is 2. The van der Waals surface area contributed by atoms with Gasteiger partial charge in [-0.1, -0.05) is 24.3 Å². The molecule has 3 rings (SSSR count). The summed E-state index contributed by atoms with van der Waals surface area (Å²) in [5.41, 5.74) is 1.74. The number of hydrogen-bond donors (Lipinski definition) is 1. The molecule has 8 heteroatoms. The molecule has 0 atom stereocenters. The van der Waals surface area contributed by atoms with Gasteiger partial charge in [-0.15, -0.1) is 0 Å². The zero-order valence-corrected chi connectivity index (χ0v) is 16.8. The van der Waals surface area contributed by atoms with E-state index in [2.05, 4.69) is 5.32 Å². The molecule has 1 aliphatic heterocycles. The molecule has 29 heavy (non-hydrogen) atoms. The summed E-state index contributed by atoms with van der Waals surface area (Å²) < 4.78 is 31.8. The molecule has 2 aromatic carbocycles. The van der Waals surface area contributed by atoms with Crippen LogP contribution < -0.4 is 5.32 Å². The molecular weight excluding hydrogens is 392 g/mol. The van der Waals surface area contributed by atoms with Crippen LogP contribution in [0.3, 0.4) is 0 Å². The molecule has 2 aromatic rings. The van der Waals surface area contributed by atoms with Gasteiger partial charge < -0.3 is 10.1 Å². The van der Waals surface area contributed by atoms with Crippen molar-refractivity contribution in [3.63, 3.8) is 0 Å². The fraction of sp³-hybridized carbons (Fsp3) is 0.238. The van der Waals surface area contributed by atoms with Gasteiger partial charge in [0.05, 0.1) is 18.1 Å². The van der Waals surface area contributed by atoms with E-state index in [1.807, 2.05) is 0 Å². The van der Waals surface area contributed by atoms with E-state index in [-0.39, 0.29) is 16.6 Å². The summed E-state index contributed by atoms with van der Waals surface area (Å²) in [6.07, 6.45) is 2.95. The SMILES string of the molecule is CC(=O)c1cccc(NC(=O)/C=C/c2ccc(S(=O)(=O)N3CCOCC3)cc2)c1. The molecule has 1 aliphatic rings. The Morgan fingerprint density at radius 1 is 1.07 bits per heavy atom. The minimum atomic E-state index is -3.54. The zero-order valence-electron chi connectivity index (χ0n) is 16.0. The van der Waals surface area contributed by atoms with Crippen LogP contribution in [0.5, 0.6) is 0 Å². The van der Waals surface area contributed by atoms with Gasteiger partial charge in [0.1, 0.15) is 0 Å². The van der Waals surface area contributed by atoms with Crippen LogP contribution in [0, 0.1) is 0 Å². The molecule has 1 amide bonds. The van der Waals surface area contributed by atoms with E-state index in [0.29, 0.717) is 43.1 Å². The number of nitrogens with zero attached hydrogens (tertiary/aromatic N) is 1. The zero-order chi connectivity index (χ0) is 20.9. The second-order valence-electron chi connectivity index (χ2n) is 6.55. The molecular formula is C21H22N2O5S. The van der Waals surface area contributed by atoms with Crippen molar-refractivity contribution in [2.24, 2.45) is 0 Å². The lowest BCUT2D eigenvalue weighted by Crippen LogP contribution is -2.40. The normalized spacial score (nSPS) is 15.3. The molecule has 0 spiro atoms.